The highest BCUT2D eigenvalue weighted by atomic mass is 16.6. The zero-order chi connectivity index (χ0) is 49.3. The summed E-state index contributed by atoms with van der Waals surface area (Å²) in [5, 5.41) is 0. The fraction of sp³-hybridized carbons (Fsp3) is 0.500. The second kappa shape index (κ2) is 54.4. The third-order valence-electron chi connectivity index (χ3n) is 10.2. The van der Waals surface area contributed by atoms with Crippen molar-refractivity contribution in [3.8, 4) is 0 Å². The van der Waals surface area contributed by atoms with Gasteiger partial charge in [0, 0.05) is 19.3 Å². The Hall–Kier alpha value is -5.23. The maximum Gasteiger partial charge on any atom is 0.306 e. The van der Waals surface area contributed by atoms with Crippen molar-refractivity contribution in [2.45, 2.75) is 187 Å². The average molecular weight is 933 g/mol. The summed E-state index contributed by atoms with van der Waals surface area (Å²) in [6.45, 7) is 6.14. The van der Waals surface area contributed by atoms with Crippen LogP contribution in [-0.4, -0.2) is 37.2 Å². The number of hydrogen-bond donors (Lipinski definition) is 0. The van der Waals surface area contributed by atoms with E-state index in [9.17, 15) is 14.4 Å². The molecule has 0 fully saturated rings. The van der Waals surface area contributed by atoms with Crippen LogP contribution in [0.3, 0.4) is 0 Å². The molecule has 376 valence electrons. The smallest absolute Gasteiger partial charge is 0.306 e. The zero-order valence-electron chi connectivity index (χ0n) is 42.8. The van der Waals surface area contributed by atoms with Crippen LogP contribution in [0.4, 0.5) is 0 Å². The Bertz CT molecular complexity index is 1640. The molecule has 0 saturated carbocycles. The van der Waals surface area contributed by atoms with E-state index in [1.54, 1.807) is 0 Å². The van der Waals surface area contributed by atoms with Gasteiger partial charge < -0.3 is 14.2 Å². The van der Waals surface area contributed by atoms with E-state index >= 15 is 0 Å². The van der Waals surface area contributed by atoms with Crippen molar-refractivity contribution >= 4 is 17.9 Å². The fourth-order valence-electron chi connectivity index (χ4n) is 6.39. The number of unbranched alkanes of at least 4 members (excludes halogenated alkanes) is 14. The van der Waals surface area contributed by atoms with Gasteiger partial charge in [-0.2, -0.15) is 0 Å². The third kappa shape index (κ3) is 51.7. The summed E-state index contributed by atoms with van der Waals surface area (Å²) in [5.41, 5.74) is 0. The monoisotopic (exact) mass is 933 g/mol. The van der Waals surface area contributed by atoms with Crippen LogP contribution in [-0.2, 0) is 28.6 Å². The molecule has 1 unspecified atom stereocenters. The van der Waals surface area contributed by atoms with Crippen LogP contribution in [0.25, 0.3) is 0 Å². The molecule has 0 aliphatic carbocycles. The Kier molecular flexibility index (Phi) is 50.2. The molecule has 0 aromatic heterocycles. The van der Waals surface area contributed by atoms with Crippen molar-refractivity contribution in [1.29, 1.82) is 0 Å². The topological polar surface area (TPSA) is 78.9 Å². The van der Waals surface area contributed by atoms with Crippen molar-refractivity contribution in [3.63, 3.8) is 0 Å². The molecule has 0 aliphatic rings. The predicted molar refractivity (Wildman–Crippen MR) is 292 cm³/mol. The lowest BCUT2D eigenvalue weighted by molar-refractivity contribution is -0.167. The highest BCUT2D eigenvalue weighted by Crippen LogP contribution is 2.13. The quantitative estimate of drug-likeness (QED) is 0.0199. The summed E-state index contributed by atoms with van der Waals surface area (Å²) in [6, 6.07) is 0. The van der Waals surface area contributed by atoms with Gasteiger partial charge in [0.15, 0.2) is 6.10 Å². The van der Waals surface area contributed by atoms with E-state index in [-0.39, 0.29) is 44.0 Å². The minimum absolute atomic E-state index is 0.120. The number of carbonyl (C=O) groups excluding carboxylic acids is 3. The normalized spacial score (nSPS) is 13.5. The Morgan fingerprint density at radius 3 is 1.01 bits per heavy atom. The van der Waals surface area contributed by atoms with Gasteiger partial charge in [-0.05, 0) is 89.9 Å². The first kappa shape index (κ1) is 62.8. The lowest BCUT2D eigenvalue weighted by Gasteiger charge is -2.18. The first-order chi connectivity index (χ1) is 33.5. The van der Waals surface area contributed by atoms with Gasteiger partial charge >= 0.3 is 17.9 Å². The van der Waals surface area contributed by atoms with Crippen molar-refractivity contribution < 1.29 is 28.6 Å². The van der Waals surface area contributed by atoms with E-state index in [0.29, 0.717) is 12.8 Å². The standard InChI is InChI=1S/C62H92O6/c1-4-7-10-13-16-19-22-25-28-30-31-32-35-37-40-43-46-49-52-55-61(64)67-58-59(57-66-60(63)54-51-48-45-42-39-36-33-27-24-21-18-15-12-9-6-3)68-62(65)56-53-50-47-44-41-38-34-29-26-23-20-17-14-11-8-5-2/h7-13,15-22,24-33,35,37,40,59H,4-6,14,23,34,36,38-39,41-58H2,1-3H3/b10-7-,11-8-,12-9-,16-13-,18-15-,20-17-,22-19-,24-21-,28-25-,29-26-,31-30+,33-27-,35-32-,40-37-. The molecular weight excluding hydrogens is 841 g/mol. The molecule has 6 nitrogen and oxygen atoms in total. The molecule has 0 bridgehead atoms. The largest absolute Gasteiger partial charge is 0.462 e. The van der Waals surface area contributed by atoms with Gasteiger partial charge in [-0.3, -0.25) is 14.4 Å². The van der Waals surface area contributed by atoms with Crippen LogP contribution >= 0.6 is 0 Å². The molecule has 0 N–H and O–H groups in total. The van der Waals surface area contributed by atoms with Crippen molar-refractivity contribution in [1.82, 2.24) is 0 Å². The van der Waals surface area contributed by atoms with Gasteiger partial charge in [0.2, 0.25) is 0 Å². The zero-order valence-corrected chi connectivity index (χ0v) is 42.8. The second-order valence-corrected chi connectivity index (χ2v) is 16.6. The maximum absolute atomic E-state index is 12.8. The highest BCUT2D eigenvalue weighted by Gasteiger charge is 2.19. The van der Waals surface area contributed by atoms with E-state index in [1.807, 2.05) is 97.2 Å². The van der Waals surface area contributed by atoms with Crippen LogP contribution in [0.1, 0.15) is 181 Å². The first-order valence-corrected chi connectivity index (χ1v) is 26.3. The summed E-state index contributed by atoms with van der Waals surface area (Å²) in [4.78, 5) is 38.1. The van der Waals surface area contributed by atoms with E-state index in [4.69, 9.17) is 14.2 Å². The summed E-state index contributed by atoms with van der Waals surface area (Å²) in [5.74, 6) is -1.01. The Morgan fingerprint density at radius 1 is 0.309 bits per heavy atom. The predicted octanol–water partition coefficient (Wildman–Crippen LogP) is 17.6. The molecule has 0 radical (unpaired) electrons. The van der Waals surface area contributed by atoms with Gasteiger partial charge in [-0.1, -0.05) is 242 Å². The molecule has 0 aromatic rings. The van der Waals surface area contributed by atoms with Gasteiger partial charge in [0.05, 0.1) is 0 Å². The number of hydrogen-bond acceptors (Lipinski definition) is 6. The number of ether oxygens (including phenoxy) is 3. The number of allylic oxidation sites excluding steroid dienone is 28. The van der Waals surface area contributed by atoms with Crippen LogP contribution in [0.5, 0.6) is 0 Å². The second-order valence-electron chi connectivity index (χ2n) is 16.6. The molecule has 0 amide bonds. The Morgan fingerprint density at radius 2 is 0.603 bits per heavy atom. The van der Waals surface area contributed by atoms with Gasteiger partial charge in [-0.25, -0.2) is 0 Å². The van der Waals surface area contributed by atoms with Crippen LogP contribution in [0.2, 0.25) is 0 Å². The molecule has 0 heterocycles. The van der Waals surface area contributed by atoms with Crippen molar-refractivity contribution in [3.05, 3.63) is 170 Å². The van der Waals surface area contributed by atoms with E-state index in [0.717, 1.165) is 122 Å². The van der Waals surface area contributed by atoms with Gasteiger partial charge in [-0.15, -0.1) is 0 Å². The van der Waals surface area contributed by atoms with Crippen molar-refractivity contribution in [2.24, 2.45) is 0 Å². The molecule has 68 heavy (non-hydrogen) atoms. The maximum atomic E-state index is 12.8. The molecule has 1 atom stereocenters. The van der Waals surface area contributed by atoms with Crippen LogP contribution in [0.15, 0.2) is 170 Å². The number of esters is 3. The van der Waals surface area contributed by atoms with E-state index < -0.39 is 6.10 Å². The fourth-order valence-corrected chi connectivity index (χ4v) is 6.39. The average Bonchev–Trinajstić information content (AvgIpc) is 3.34. The summed E-state index contributed by atoms with van der Waals surface area (Å²) >= 11 is 0. The molecule has 0 aromatic carbocycles. The third-order valence-corrected chi connectivity index (χ3v) is 10.2. The lowest BCUT2D eigenvalue weighted by Crippen LogP contribution is -2.30. The lowest BCUT2D eigenvalue weighted by atomic mass is 10.1. The SMILES string of the molecule is CC\C=C/C=C\C=C/C=C\C=C\C=C/C=C\CCCCCC(=O)OCC(COC(=O)CCCCCCC\C=C/C=C\C=C/C=C\CC)OC(=O)CCCCCCCC/C=C\C/C=C\C/C=C\CC. The summed E-state index contributed by atoms with van der Waals surface area (Å²) < 4.78 is 16.8. The summed E-state index contributed by atoms with van der Waals surface area (Å²) in [7, 11) is 0. The minimum atomic E-state index is -0.824. The molecule has 0 spiro atoms. The molecule has 0 rings (SSSR count). The van der Waals surface area contributed by atoms with Crippen LogP contribution < -0.4 is 0 Å². The summed E-state index contributed by atoms with van der Waals surface area (Å²) in [6.07, 6.45) is 80.4. The molecular formula is C62H92O6. The minimum Gasteiger partial charge on any atom is -0.462 e. The Balaban J connectivity index is 4.60. The van der Waals surface area contributed by atoms with Crippen LogP contribution in [0, 0.1) is 0 Å². The molecule has 6 heteroatoms. The van der Waals surface area contributed by atoms with Gasteiger partial charge in [0.1, 0.15) is 13.2 Å². The number of rotatable bonds is 44. The highest BCUT2D eigenvalue weighted by molar-refractivity contribution is 5.71. The van der Waals surface area contributed by atoms with Gasteiger partial charge in [0.25, 0.3) is 0 Å². The van der Waals surface area contributed by atoms with E-state index in [2.05, 4.69) is 93.7 Å². The molecule has 0 aliphatic heterocycles. The number of carbonyl (C=O) groups is 3. The Labute approximate surface area is 415 Å². The van der Waals surface area contributed by atoms with E-state index in [1.165, 1.54) is 12.8 Å². The molecule has 0 saturated heterocycles. The first-order valence-electron chi connectivity index (χ1n) is 26.3. The van der Waals surface area contributed by atoms with Crippen molar-refractivity contribution in [2.75, 3.05) is 13.2 Å².